The molecule has 1 heterocycles. The molecule has 1 rings (SSSR count). The van der Waals surface area contributed by atoms with Gasteiger partial charge in [0, 0.05) is 12.8 Å². The molecule has 1 unspecified atom stereocenters. The standard InChI is InChI=1S/C45H82O10/c1-3-5-7-9-11-13-15-17-19-21-23-25-27-29-31-33-40(47)52-36-38(37-53-45-44(51)43(50)42(49)39(35-46)55-45)54-41(48)34-32-30-28-26-24-22-20-18-16-14-12-10-8-6-4-2/h17-20,38-39,42-46,49-51H,3-16,21-37H2,1-2H3/b19-17-,20-18-/t38?,39-,42+,43+,44-,45-/m1/s1. The normalized spacial score (nSPS) is 20.7. The number of rotatable bonds is 37. The van der Waals surface area contributed by atoms with Crippen molar-refractivity contribution in [3.63, 3.8) is 0 Å². The summed E-state index contributed by atoms with van der Waals surface area (Å²) in [6.07, 6.45) is 31.8. The zero-order chi connectivity index (χ0) is 40.2. The number of carbonyl (C=O) groups excluding carboxylic acids is 2. The fourth-order valence-corrected chi connectivity index (χ4v) is 6.71. The molecule has 55 heavy (non-hydrogen) atoms. The highest BCUT2D eigenvalue weighted by atomic mass is 16.7. The molecule has 0 aromatic heterocycles. The van der Waals surface area contributed by atoms with E-state index in [2.05, 4.69) is 38.2 Å². The third-order valence-corrected chi connectivity index (χ3v) is 10.3. The lowest BCUT2D eigenvalue weighted by Gasteiger charge is -2.39. The van der Waals surface area contributed by atoms with Gasteiger partial charge in [0.25, 0.3) is 0 Å². The van der Waals surface area contributed by atoms with Gasteiger partial charge in [-0.05, 0) is 64.2 Å². The van der Waals surface area contributed by atoms with E-state index in [0.717, 1.165) is 64.2 Å². The van der Waals surface area contributed by atoms with Gasteiger partial charge in [-0.25, -0.2) is 0 Å². The van der Waals surface area contributed by atoms with Gasteiger partial charge in [-0.2, -0.15) is 0 Å². The van der Waals surface area contributed by atoms with Crippen molar-refractivity contribution in [2.24, 2.45) is 0 Å². The predicted octanol–water partition coefficient (Wildman–Crippen LogP) is 9.33. The molecule has 1 aliphatic heterocycles. The van der Waals surface area contributed by atoms with Gasteiger partial charge in [0.1, 0.15) is 31.0 Å². The first-order valence-electron chi connectivity index (χ1n) is 22.4. The highest BCUT2D eigenvalue weighted by Gasteiger charge is 2.44. The van der Waals surface area contributed by atoms with Crippen LogP contribution in [0.4, 0.5) is 0 Å². The quantitative estimate of drug-likeness (QED) is 0.0273. The molecule has 0 amide bonds. The maximum absolute atomic E-state index is 12.8. The van der Waals surface area contributed by atoms with E-state index in [1.54, 1.807) is 0 Å². The number of allylic oxidation sites excluding steroid dienone is 4. The average molecular weight is 783 g/mol. The Kier molecular flexibility index (Phi) is 34.0. The van der Waals surface area contributed by atoms with Crippen LogP contribution < -0.4 is 0 Å². The summed E-state index contributed by atoms with van der Waals surface area (Å²) in [4.78, 5) is 25.3. The summed E-state index contributed by atoms with van der Waals surface area (Å²) < 4.78 is 22.1. The van der Waals surface area contributed by atoms with E-state index in [1.807, 2.05) is 0 Å². The minimum Gasteiger partial charge on any atom is -0.462 e. The zero-order valence-corrected chi connectivity index (χ0v) is 34.9. The van der Waals surface area contributed by atoms with Gasteiger partial charge in [0.15, 0.2) is 12.4 Å². The second-order valence-corrected chi connectivity index (χ2v) is 15.5. The summed E-state index contributed by atoms with van der Waals surface area (Å²) in [6, 6.07) is 0. The molecule has 0 aromatic carbocycles. The van der Waals surface area contributed by atoms with Crippen LogP contribution in [0.3, 0.4) is 0 Å². The second kappa shape index (κ2) is 36.5. The minimum atomic E-state index is -1.60. The first-order chi connectivity index (χ1) is 26.8. The number of aliphatic hydroxyl groups excluding tert-OH is 4. The number of esters is 2. The summed E-state index contributed by atoms with van der Waals surface area (Å²) in [5.41, 5.74) is 0. The highest BCUT2D eigenvalue weighted by Crippen LogP contribution is 2.22. The number of unbranched alkanes of at least 4 members (excludes halogenated alkanes) is 22. The number of hydrogen-bond donors (Lipinski definition) is 4. The summed E-state index contributed by atoms with van der Waals surface area (Å²) in [5, 5.41) is 40.0. The van der Waals surface area contributed by atoms with Crippen LogP contribution in [0.25, 0.3) is 0 Å². The Morgan fingerprint density at radius 3 is 1.42 bits per heavy atom. The highest BCUT2D eigenvalue weighted by molar-refractivity contribution is 5.70. The lowest BCUT2D eigenvalue weighted by atomic mass is 9.99. The zero-order valence-electron chi connectivity index (χ0n) is 34.9. The van der Waals surface area contributed by atoms with E-state index in [4.69, 9.17) is 18.9 Å². The molecule has 1 saturated heterocycles. The van der Waals surface area contributed by atoms with Gasteiger partial charge >= 0.3 is 11.9 Å². The van der Waals surface area contributed by atoms with E-state index >= 15 is 0 Å². The Balaban J connectivity index is 2.34. The van der Waals surface area contributed by atoms with Crippen LogP contribution in [0, 0.1) is 0 Å². The summed E-state index contributed by atoms with van der Waals surface area (Å²) in [6.45, 7) is 3.40. The lowest BCUT2D eigenvalue weighted by molar-refractivity contribution is -0.305. The van der Waals surface area contributed by atoms with E-state index in [1.165, 1.54) is 89.9 Å². The van der Waals surface area contributed by atoms with Crippen molar-refractivity contribution in [1.82, 2.24) is 0 Å². The molecular formula is C45H82O10. The Morgan fingerprint density at radius 2 is 0.964 bits per heavy atom. The fourth-order valence-electron chi connectivity index (χ4n) is 6.71. The predicted molar refractivity (Wildman–Crippen MR) is 219 cm³/mol. The van der Waals surface area contributed by atoms with Crippen molar-refractivity contribution in [2.45, 2.75) is 230 Å². The molecule has 4 N–H and O–H groups in total. The van der Waals surface area contributed by atoms with E-state index in [0.29, 0.717) is 12.8 Å². The molecule has 0 aliphatic carbocycles. The van der Waals surface area contributed by atoms with Crippen molar-refractivity contribution in [3.8, 4) is 0 Å². The van der Waals surface area contributed by atoms with Crippen LogP contribution in [0.15, 0.2) is 24.3 Å². The van der Waals surface area contributed by atoms with Gasteiger partial charge in [-0.1, -0.05) is 141 Å². The van der Waals surface area contributed by atoms with Crippen LogP contribution in [0.1, 0.15) is 194 Å². The van der Waals surface area contributed by atoms with E-state index in [-0.39, 0.29) is 32.0 Å². The number of hydrogen-bond acceptors (Lipinski definition) is 10. The van der Waals surface area contributed by atoms with Gasteiger partial charge in [-0.15, -0.1) is 0 Å². The van der Waals surface area contributed by atoms with Crippen molar-refractivity contribution in [1.29, 1.82) is 0 Å². The molecule has 10 heteroatoms. The van der Waals surface area contributed by atoms with Gasteiger partial charge in [-0.3, -0.25) is 9.59 Å². The third-order valence-electron chi connectivity index (χ3n) is 10.3. The summed E-state index contributed by atoms with van der Waals surface area (Å²) in [5.74, 6) is -0.822. The molecule has 0 radical (unpaired) electrons. The lowest BCUT2D eigenvalue weighted by Crippen LogP contribution is -2.59. The van der Waals surface area contributed by atoms with Crippen LogP contribution in [-0.4, -0.2) is 89.0 Å². The SMILES string of the molecule is CCCCCCCC/C=C\CCCCCCCC(=O)OCC(CO[C@@H]1O[C@H](CO)[C@H](O)[C@H](O)[C@H]1O)OC(=O)CCCCCCC/C=C\CCCCCCCC. The first kappa shape index (κ1) is 51.2. The van der Waals surface area contributed by atoms with Crippen LogP contribution in [-0.2, 0) is 28.5 Å². The Labute approximate surface area is 334 Å². The third kappa shape index (κ3) is 28.3. The summed E-state index contributed by atoms with van der Waals surface area (Å²) >= 11 is 0. The first-order valence-corrected chi connectivity index (χ1v) is 22.4. The molecule has 10 nitrogen and oxygen atoms in total. The topological polar surface area (TPSA) is 152 Å². The van der Waals surface area contributed by atoms with E-state index in [9.17, 15) is 30.0 Å². The molecular weight excluding hydrogens is 700 g/mol. The Bertz CT molecular complexity index is 954. The van der Waals surface area contributed by atoms with Gasteiger partial charge in [0.05, 0.1) is 13.2 Å². The largest absolute Gasteiger partial charge is 0.462 e. The van der Waals surface area contributed by atoms with Crippen molar-refractivity contribution >= 4 is 11.9 Å². The molecule has 0 bridgehead atoms. The number of aliphatic hydroxyl groups is 4. The molecule has 6 atom stereocenters. The maximum Gasteiger partial charge on any atom is 0.306 e. The second-order valence-electron chi connectivity index (χ2n) is 15.5. The number of ether oxygens (including phenoxy) is 4. The smallest absolute Gasteiger partial charge is 0.306 e. The van der Waals surface area contributed by atoms with Crippen molar-refractivity contribution in [2.75, 3.05) is 19.8 Å². The van der Waals surface area contributed by atoms with Crippen molar-refractivity contribution in [3.05, 3.63) is 24.3 Å². The molecule has 0 aromatic rings. The number of carbonyl (C=O) groups is 2. The Morgan fingerprint density at radius 1 is 0.545 bits per heavy atom. The van der Waals surface area contributed by atoms with Crippen molar-refractivity contribution < 1.29 is 49.0 Å². The van der Waals surface area contributed by atoms with Gasteiger partial charge < -0.3 is 39.4 Å². The fraction of sp³-hybridized carbons (Fsp3) is 0.867. The molecule has 0 spiro atoms. The maximum atomic E-state index is 12.8. The van der Waals surface area contributed by atoms with E-state index < -0.39 is 49.4 Å². The average Bonchev–Trinajstić information content (AvgIpc) is 3.18. The van der Waals surface area contributed by atoms with Gasteiger partial charge in [0.2, 0.25) is 0 Å². The molecule has 322 valence electrons. The van der Waals surface area contributed by atoms with Crippen LogP contribution in [0.2, 0.25) is 0 Å². The molecule has 1 aliphatic rings. The van der Waals surface area contributed by atoms with Crippen LogP contribution >= 0.6 is 0 Å². The monoisotopic (exact) mass is 783 g/mol. The minimum absolute atomic E-state index is 0.220. The molecule has 0 saturated carbocycles. The van der Waals surface area contributed by atoms with Crippen LogP contribution in [0.5, 0.6) is 0 Å². The Hall–Kier alpha value is -1.82. The molecule has 1 fully saturated rings. The summed E-state index contributed by atoms with van der Waals surface area (Å²) in [7, 11) is 0.